The van der Waals surface area contributed by atoms with E-state index in [-0.39, 0.29) is 5.91 Å². The first-order valence-corrected chi connectivity index (χ1v) is 7.32. The van der Waals surface area contributed by atoms with E-state index in [1.165, 1.54) is 5.56 Å². The van der Waals surface area contributed by atoms with Crippen LogP contribution in [0.4, 0.5) is 0 Å². The Balaban J connectivity index is 0.000000745. The second-order valence-electron chi connectivity index (χ2n) is 4.79. The summed E-state index contributed by atoms with van der Waals surface area (Å²) in [6.45, 7) is 5.10. The van der Waals surface area contributed by atoms with Gasteiger partial charge < -0.3 is 10.4 Å². The minimum absolute atomic E-state index is 0.0514. The maximum absolute atomic E-state index is 11.6. The Hall–Kier alpha value is -2.55. The molecule has 0 aliphatic rings. The van der Waals surface area contributed by atoms with Crippen LogP contribution in [0.2, 0.25) is 0 Å². The lowest BCUT2D eigenvalue weighted by Gasteiger charge is -2.06. The number of hydrogen-bond donors (Lipinski definition) is 2. The molecule has 0 radical (unpaired) electrons. The third-order valence-electron chi connectivity index (χ3n) is 3.18. The fourth-order valence-electron chi connectivity index (χ4n) is 2.14. The van der Waals surface area contributed by atoms with Crippen molar-refractivity contribution in [2.24, 2.45) is 0 Å². The second kappa shape index (κ2) is 9.40. The quantitative estimate of drug-likeness (QED) is 0.824. The summed E-state index contributed by atoms with van der Waals surface area (Å²) in [7, 11) is 1.65. The van der Waals surface area contributed by atoms with Gasteiger partial charge >= 0.3 is 0 Å². The summed E-state index contributed by atoms with van der Waals surface area (Å²) >= 11 is 0. The Bertz CT molecular complexity index is 603. The van der Waals surface area contributed by atoms with Gasteiger partial charge in [0, 0.05) is 12.6 Å². The molecule has 2 aromatic carbocycles. The summed E-state index contributed by atoms with van der Waals surface area (Å²) in [6.07, 6.45) is 3.02. The number of aliphatic hydroxyl groups excluding tert-OH is 1. The van der Waals surface area contributed by atoms with Gasteiger partial charge in [-0.1, -0.05) is 56.3 Å². The summed E-state index contributed by atoms with van der Waals surface area (Å²) < 4.78 is 0. The predicted octanol–water partition coefficient (Wildman–Crippen LogP) is 4.35. The van der Waals surface area contributed by atoms with E-state index in [1.54, 1.807) is 7.05 Å². The predicted molar refractivity (Wildman–Crippen MR) is 92.1 cm³/mol. The van der Waals surface area contributed by atoms with Crippen LogP contribution in [0, 0.1) is 0 Å². The first kappa shape index (κ1) is 17.5. The van der Waals surface area contributed by atoms with Gasteiger partial charge in [-0.3, -0.25) is 4.79 Å². The van der Waals surface area contributed by atoms with E-state index in [0.717, 1.165) is 30.2 Å². The van der Waals surface area contributed by atoms with E-state index in [2.05, 4.69) is 43.1 Å². The van der Waals surface area contributed by atoms with Crippen LogP contribution in [0.3, 0.4) is 0 Å². The maximum atomic E-state index is 11.6. The van der Waals surface area contributed by atoms with Crippen LogP contribution in [0.15, 0.2) is 61.4 Å². The minimum atomic E-state index is -0.0514. The highest BCUT2D eigenvalue weighted by Crippen LogP contribution is 2.21. The van der Waals surface area contributed by atoms with Gasteiger partial charge in [0.1, 0.15) is 0 Å². The molecular formula is C19H23NO2. The van der Waals surface area contributed by atoms with Crippen LogP contribution in [0.25, 0.3) is 11.1 Å². The zero-order valence-electron chi connectivity index (χ0n) is 13.2. The van der Waals surface area contributed by atoms with Crippen molar-refractivity contribution < 1.29 is 9.90 Å². The zero-order valence-corrected chi connectivity index (χ0v) is 13.2. The number of carbonyl (C=O) groups is 1. The molecule has 0 heterocycles. The Morgan fingerprint density at radius 1 is 1.18 bits per heavy atom. The Morgan fingerprint density at radius 2 is 1.82 bits per heavy atom. The minimum Gasteiger partial charge on any atom is -0.516 e. The van der Waals surface area contributed by atoms with Crippen molar-refractivity contribution in [3.05, 3.63) is 72.5 Å². The third kappa shape index (κ3) is 5.09. The summed E-state index contributed by atoms with van der Waals surface area (Å²) in [5.74, 6) is -0.0514. The van der Waals surface area contributed by atoms with Gasteiger partial charge in [-0.05, 0) is 35.2 Å². The summed E-state index contributed by atoms with van der Waals surface area (Å²) in [5.41, 5.74) is 4.26. The Morgan fingerprint density at radius 3 is 2.36 bits per heavy atom. The first-order valence-electron chi connectivity index (χ1n) is 7.32. The zero-order chi connectivity index (χ0) is 16.4. The molecule has 3 nitrogen and oxygen atoms in total. The normalized spacial score (nSPS) is 9.36. The Kier molecular flexibility index (Phi) is 7.48. The van der Waals surface area contributed by atoms with Crippen LogP contribution < -0.4 is 5.32 Å². The molecule has 0 aliphatic carbocycles. The summed E-state index contributed by atoms with van der Waals surface area (Å²) in [6, 6.07) is 16.3. The lowest BCUT2D eigenvalue weighted by molar-refractivity contribution is 0.0963. The average molecular weight is 297 g/mol. The van der Waals surface area contributed by atoms with E-state index in [1.807, 2.05) is 24.3 Å². The van der Waals surface area contributed by atoms with Crippen molar-refractivity contribution >= 4 is 5.91 Å². The molecular weight excluding hydrogens is 274 g/mol. The molecule has 0 atom stereocenters. The standard InChI is InChI=1S/C17H19NO.C2H4O/c1-3-5-13-8-10-14(11-9-13)15-6-4-7-16(12-15)17(19)18-2;1-2-3/h4,6-12H,3,5H2,1-2H3,(H,18,19);2-3H,1H2. The molecule has 2 N–H and O–H groups in total. The second-order valence-corrected chi connectivity index (χ2v) is 4.79. The topological polar surface area (TPSA) is 49.3 Å². The van der Waals surface area contributed by atoms with Gasteiger partial charge in [0.2, 0.25) is 0 Å². The van der Waals surface area contributed by atoms with E-state index in [4.69, 9.17) is 5.11 Å². The van der Waals surface area contributed by atoms with Crippen LogP contribution in [-0.2, 0) is 6.42 Å². The fourth-order valence-corrected chi connectivity index (χ4v) is 2.14. The van der Waals surface area contributed by atoms with Crippen molar-refractivity contribution in [3.8, 4) is 11.1 Å². The highest BCUT2D eigenvalue weighted by molar-refractivity contribution is 5.95. The van der Waals surface area contributed by atoms with Crippen molar-refractivity contribution in [2.75, 3.05) is 7.05 Å². The number of nitrogens with one attached hydrogen (secondary N) is 1. The number of amides is 1. The average Bonchev–Trinajstić information content (AvgIpc) is 2.56. The van der Waals surface area contributed by atoms with Crippen molar-refractivity contribution in [3.63, 3.8) is 0 Å². The van der Waals surface area contributed by atoms with Gasteiger partial charge in [0.05, 0.1) is 6.26 Å². The maximum Gasteiger partial charge on any atom is 0.251 e. The molecule has 0 fully saturated rings. The van der Waals surface area contributed by atoms with Gasteiger partial charge in [0.15, 0.2) is 0 Å². The molecule has 116 valence electrons. The van der Waals surface area contributed by atoms with Gasteiger partial charge in [-0.15, -0.1) is 0 Å². The molecule has 0 unspecified atom stereocenters. The molecule has 2 aromatic rings. The highest BCUT2D eigenvalue weighted by Gasteiger charge is 2.04. The number of benzene rings is 2. The lowest BCUT2D eigenvalue weighted by atomic mass is 10.0. The van der Waals surface area contributed by atoms with Crippen LogP contribution >= 0.6 is 0 Å². The molecule has 22 heavy (non-hydrogen) atoms. The number of aliphatic hydroxyl groups is 1. The molecule has 0 bridgehead atoms. The monoisotopic (exact) mass is 297 g/mol. The number of rotatable bonds is 4. The van der Waals surface area contributed by atoms with Gasteiger partial charge in [0.25, 0.3) is 5.91 Å². The summed E-state index contributed by atoms with van der Waals surface area (Å²) in [4.78, 5) is 11.6. The molecule has 0 saturated carbocycles. The largest absolute Gasteiger partial charge is 0.516 e. The van der Waals surface area contributed by atoms with E-state index in [0.29, 0.717) is 5.56 Å². The molecule has 0 spiro atoms. The van der Waals surface area contributed by atoms with Crippen molar-refractivity contribution in [1.29, 1.82) is 0 Å². The van der Waals surface area contributed by atoms with Crippen molar-refractivity contribution in [2.45, 2.75) is 19.8 Å². The van der Waals surface area contributed by atoms with Gasteiger partial charge in [-0.2, -0.15) is 0 Å². The number of aryl methyl sites for hydroxylation is 1. The fraction of sp³-hybridized carbons (Fsp3) is 0.211. The van der Waals surface area contributed by atoms with Crippen LogP contribution in [-0.4, -0.2) is 18.1 Å². The smallest absolute Gasteiger partial charge is 0.251 e. The molecule has 3 heteroatoms. The number of hydrogen-bond acceptors (Lipinski definition) is 2. The SMILES string of the molecule is C=CO.CCCc1ccc(-c2cccc(C(=O)NC)c2)cc1. The lowest BCUT2D eigenvalue weighted by Crippen LogP contribution is -2.17. The molecule has 0 aliphatic heterocycles. The Labute approximate surface area is 132 Å². The highest BCUT2D eigenvalue weighted by atomic mass is 16.2. The summed E-state index contributed by atoms with van der Waals surface area (Å²) in [5, 5.41) is 9.98. The molecule has 2 rings (SSSR count). The number of carbonyl (C=O) groups excluding carboxylic acids is 1. The van der Waals surface area contributed by atoms with E-state index >= 15 is 0 Å². The molecule has 1 amide bonds. The van der Waals surface area contributed by atoms with E-state index in [9.17, 15) is 4.79 Å². The van der Waals surface area contributed by atoms with Crippen LogP contribution in [0.1, 0.15) is 29.3 Å². The molecule has 0 aromatic heterocycles. The van der Waals surface area contributed by atoms with Crippen molar-refractivity contribution in [1.82, 2.24) is 5.32 Å². The van der Waals surface area contributed by atoms with Crippen LogP contribution in [0.5, 0.6) is 0 Å². The third-order valence-corrected chi connectivity index (χ3v) is 3.18. The molecule has 0 saturated heterocycles. The van der Waals surface area contributed by atoms with E-state index < -0.39 is 0 Å². The first-order chi connectivity index (χ1) is 10.7. The van der Waals surface area contributed by atoms with Gasteiger partial charge in [-0.25, -0.2) is 0 Å².